The van der Waals surface area contributed by atoms with Gasteiger partial charge in [0.1, 0.15) is 11.2 Å². The lowest BCUT2D eigenvalue weighted by Crippen LogP contribution is -2.33. The highest BCUT2D eigenvalue weighted by Crippen LogP contribution is 2.49. The predicted molar refractivity (Wildman–Crippen MR) is 211 cm³/mol. The quantitative estimate of drug-likeness (QED) is 0.188. The van der Waals surface area contributed by atoms with Crippen molar-refractivity contribution in [1.82, 2.24) is 4.57 Å². The van der Waals surface area contributed by atoms with Gasteiger partial charge in [0.25, 0.3) is 0 Å². The van der Waals surface area contributed by atoms with Gasteiger partial charge in [0.2, 0.25) is 0 Å². The maximum Gasteiger partial charge on any atom is 0.135 e. The second-order valence-corrected chi connectivity index (χ2v) is 14.0. The lowest BCUT2D eigenvalue weighted by atomic mass is 9.82. The van der Waals surface area contributed by atoms with Crippen LogP contribution < -0.4 is 15.5 Å². The van der Waals surface area contributed by atoms with Crippen molar-refractivity contribution in [2.24, 2.45) is 5.92 Å². The Morgan fingerprint density at radius 1 is 0.588 bits per heavy atom. The fraction of sp³-hybridized carbons (Fsp3) is 0.0833. The molecule has 242 valence electrons. The third-order valence-electron chi connectivity index (χ3n) is 11.2. The minimum absolute atomic E-state index is 0.212. The molecule has 3 heterocycles. The van der Waals surface area contributed by atoms with Crippen LogP contribution in [0.2, 0.25) is 0 Å². The van der Waals surface area contributed by atoms with Crippen molar-refractivity contribution in [1.29, 1.82) is 0 Å². The van der Waals surface area contributed by atoms with Crippen LogP contribution in [0.3, 0.4) is 0 Å². The summed E-state index contributed by atoms with van der Waals surface area (Å²) in [4.78, 5) is 2.52. The molecule has 51 heavy (non-hydrogen) atoms. The van der Waals surface area contributed by atoms with E-state index in [2.05, 4.69) is 179 Å². The molecule has 3 atom stereocenters. The first kappa shape index (κ1) is 28.5. The van der Waals surface area contributed by atoms with Crippen LogP contribution in [-0.4, -0.2) is 10.6 Å². The molecule has 2 aromatic heterocycles. The molecule has 0 amide bonds. The van der Waals surface area contributed by atoms with Gasteiger partial charge in [-0.1, -0.05) is 127 Å². The number of nitrogens with zero attached hydrogens (tertiary/aromatic N) is 2. The first-order chi connectivity index (χ1) is 25.3. The second-order valence-electron chi connectivity index (χ2n) is 14.0. The summed E-state index contributed by atoms with van der Waals surface area (Å²) >= 11 is 0. The van der Waals surface area contributed by atoms with Gasteiger partial charge in [-0.3, -0.25) is 0 Å². The van der Waals surface area contributed by atoms with E-state index in [1.54, 1.807) is 0 Å². The van der Waals surface area contributed by atoms with Crippen molar-refractivity contribution in [2.45, 2.75) is 18.4 Å². The van der Waals surface area contributed by atoms with Crippen LogP contribution in [0.25, 0.3) is 61.8 Å². The highest BCUT2D eigenvalue weighted by atomic mass is 16.3. The van der Waals surface area contributed by atoms with Gasteiger partial charge in [-0.25, -0.2) is 0 Å². The number of fused-ring (bicyclic) bond motifs is 9. The van der Waals surface area contributed by atoms with Crippen LogP contribution in [-0.2, 0) is 0 Å². The maximum absolute atomic E-state index is 6.18. The topological polar surface area (TPSA) is 21.3 Å². The highest BCUT2D eigenvalue weighted by Gasteiger charge is 2.39. The van der Waals surface area contributed by atoms with Crippen molar-refractivity contribution >= 4 is 56.4 Å². The second kappa shape index (κ2) is 11.1. The predicted octanol–water partition coefficient (Wildman–Crippen LogP) is 10.6. The Balaban J connectivity index is 0.988. The summed E-state index contributed by atoms with van der Waals surface area (Å²) in [5.41, 5.74) is 12.0. The van der Waals surface area contributed by atoms with E-state index in [0.29, 0.717) is 5.92 Å². The van der Waals surface area contributed by atoms with Gasteiger partial charge >= 0.3 is 0 Å². The summed E-state index contributed by atoms with van der Waals surface area (Å²) in [5, 5.41) is 6.24. The third-order valence-corrected chi connectivity index (χ3v) is 11.2. The van der Waals surface area contributed by atoms with Gasteiger partial charge in [0, 0.05) is 55.6 Å². The van der Waals surface area contributed by atoms with Crippen molar-refractivity contribution in [2.75, 3.05) is 4.90 Å². The molecule has 3 nitrogen and oxygen atoms in total. The third kappa shape index (κ3) is 4.38. The molecule has 0 fully saturated rings. The molecule has 0 saturated carbocycles. The van der Waals surface area contributed by atoms with Crippen LogP contribution in [0, 0.1) is 5.92 Å². The van der Waals surface area contributed by atoms with Crippen LogP contribution in [0.5, 0.6) is 0 Å². The molecule has 0 saturated heterocycles. The monoisotopic (exact) mass is 654 g/mol. The van der Waals surface area contributed by atoms with Gasteiger partial charge in [-0.05, 0) is 77.2 Å². The Morgan fingerprint density at radius 3 is 2.31 bits per heavy atom. The van der Waals surface area contributed by atoms with E-state index in [-0.39, 0.29) is 12.0 Å². The minimum Gasteiger partial charge on any atom is -0.456 e. The SMILES string of the molecule is C1=CC2C(C=C1C1C=c3c(n(-c4cccc(-c5ccccc5)c4)c4ccccc34)=CC1)c1ccccc1N2c1ccc2oc3ccccc3c2c1. The number of hydrogen-bond acceptors (Lipinski definition) is 2. The maximum atomic E-state index is 6.18. The zero-order valence-electron chi connectivity index (χ0n) is 28.0. The number of hydrogen-bond donors (Lipinski definition) is 0. The number of furan rings is 1. The summed E-state index contributed by atoms with van der Waals surface area (Å²) in [6.45, 7) is 0. The Bertz CT molecular complexity index is 2870. The molecule has 0 spiro atoms. The van der Waals surface area contributed by atoms with E-state index >= 15 is 0 Å². The molecule has 3 heteroatoms. The van der Waals surface area contributed by atoms with Gasteiger partial charge in [-0.15, -0.1) is 0 Å². The van der Waals surface area contributed by atoms with E-state index in [1.165, 1.54) is 60.8 Å². The van der Waals surface area contributed by atoms with Crippen molar-refractivity contribution in [3.8, 4) is 16.8 Å². The van der Waals surface area contributed by atoms with Crippen LogP contribution >= 0.6 is 0 Å². The van der Waals surface area contributed by atoms with E-state index in [0.717, 1.165) is 28.4 Å². The van der Waals surface area contributed by atoms with Crippen LogP contribution in [0.15, 0.2) is 174 Å². The van der Waals surface area contributed by atoms with Crippen molar-refractivity contribution in [3.63, 3.8) is 0 Å². The molecule has 3 aliphatic rings. The van der Waals surface area contributed by atoms with Gasteiger partial charge in [0.05, 0.1) is 11.6 Å². The Kier molecular flexibility index (Phi) is 6.20. The van der Waals surface area contributed by atoms with Gasteiger partial charge in [0.15, 0.2) is 0 Å². The van der Waals surface area contributed by atoms with E-state index in [1.807, 2.05) is 6.07 Å². The number of aromatic nitrogens is 1. The number of benzene rings is 6. The zero-order valence-corrected chi connectivity index (χ0v) is 28.0. The van der Waals surface area contributed by atoms with Crippen molar-refractivity contribution < 1.29 is 4.42 Å². The molecular weight excluding hydrogens is 621 g/mol. The van der Waals surface area contributed by atoms with E-state index < -0.39 is 0 Å². The molecule has 11 rings (SSSR count). The number of rotatable bonds is 4. The van der Waals surface area contributed by atoms with Crippen LogP contribution in [0.4, 0.5) is 11.4 Å². The molecule has 1 aliphatic heterocycles. The summed E-state index contributed by atoms with van der Waals surface area (Å²) in [6, 6.07) is 52.6. The van der Waals surface area contributed by atoms with E-state index in [9.17, 15) is 0 Å². The molecular formula is C48H34N2O. The lowest BCUT2D eigenvalue weighted by molar-refractivity contribution is 0.668. The molecule has 0 N–H and O–H groups in total. The molecule has 0 bridgehead atoms. The summed E-state index contributed by atoms with van der Waals surface area (Å²) in [5.74, 6) is 0.578. The van der Waals surface area contributed by atoms with Crippen LogP contribution in [0.1, 0.15) is 17.9 Å². The smallest absolute Gasteiger partial charge is 0.135 e. The molecule has 3 unspecified atom stereocenters. The number of allylic oxidation sites excluding steroid dienone is 2. The standard InChI is InChI=1S/C48H34N2O/c1-2-11-31(12-3-1)32-13-10-14-35(27-32)49-43-18-7-4-15-37(43)40-28-33(21-24-45(40)49)34-22-25-46-41(29-34)38-16-5-8-19-44(38)50(46)36-23-26-48-42(30-36)39-17-6-9-20-47(39)51-48/h1-20,22-30,33,41,46H,21H2. The Morgan fingerprint density at radius 2 is 1.37 bits per heavy atom. The molecule has 6 aromatic carbocycles. The highest BCUT2D eigenvalue weighted by molar-refractivity contribution is 6.06. The average molecular weight is 655 g/mol. The Hall–Kier alpha value is -6.32. The fourth-order valence-electron chi connectivity index (χ4n) is 8.92. The summed E-state index contributed by atoms with van der Waals surface area (Å²) in [6.07, 6.45) is 13.4. The Labute approximate surface area is 296 Å². The number of para-hydroxylation sites is 3. The number of anilines is 2. The molecule has 8 aromatic rings. The van der Waals surface area contributed by atoms with Gasteiger partial charge < -0.3 is 13.9 Å². The summed E-state index contributed by atoms with van der Waals surface area (Å²) < 4.78 is 8.63. The summed E-state index contributed by atoms with van der Waals surface area (Å²) in [7, 11) is 0. The largest absolute Gasteiger partial charge is 0.456 e. The lowest BCUT2D eigenvalue weighted by Gasteiger charge is -2.31. The zero-order chi connectivity index (χ0) is 33.5. The van der Waals surface area contributed by atoms with Crippen molar-refractivity contribution in [3.05, 3.63) is 186 Å². The molecule has 0 radical (unpaired) electrons. The average Bonchev–Trinajstić information content (AvgIpc) is 3.85. The minimum atomic E-state index is 0.212. The van der Waals surface area contributed by atoms with E-state index in [4.69, 9.17) is 4.42 Å². The first-order valence-electron chi connectivity index (χ1n) is 18.0. The normalized spacial score (nSPS) is 19.0. The first-order valence-corrected chi connectivity index (χ1v) is 18.0. The van der Waals surface area contributed by atoms with Gasteiger partial charge in [-0.2, -0.15) is 0 Å². The molecule has 2 aliphatic carbocycles. The fourth-order valence-corrected chi connectivity index (χ4v) is 8.92.